The summed E-state index contributed by atoms with van der Waals surface area (Å²) in [6, 6.07) is 5.03. The van der Waals surface area contributed by atoms with Crippen molar-refractivity contribution in [1.82, 2.24) is 10.4 Å². The first-order valence-electron chi connectivity index (χ1n) is 7.74. The molecule has 0 saturated carbocycles. The summed E-state index contributed by atoms with van der Waals surface area (Å²) in [6.07, 6.45) is 2.13. The van der Waals surface area contributed by atoms with Gasteiger partial charge in [0.2, 0.25) is 0 Å². The predicted octanol–water partition coefficient (Wildman–Crippen LogP) is 3.08. The zero-order valence-corrected chi connectivity index (χ0v) is 13.7. The predicted molar refractivity (Wildman–Crippen MR) is 88.9 cm³/mol. The molecule has 0 bridgehead atoms. The van der Waals surface area contributed by atoms with Gasteiger partial charge in [0.1, 0.15) is 11.4 Å². The average molecular weight is 361 g/mol. The number of nitrogens with zero attached hydrogens (tertiary/aromatic N) is 2. The molecule has 1 aromatic carbocycles. The lowest BCUT2D eigenvalue weighted by molar-refractivity contribution is -0.137. The van der Waals surface area contributed by atoms with E-state index in [9.17, 15) is 18.0 Å². The number of alkyl halides is 3. The Balaban J connectivity index is 2.28. The molecular weight excluding hydrogens is 347 g/mol. The summed E-state index contributed by atoms with van der Waals surface area (Å²) < 4.78 is 40.3. The van der Waals surface area contributed by atoms with Crippen LogP contribution >= 0.6 is 0 Å². The molecule has 5 nitrogen and oxygen atoms in total. The van der Waals surface area contributed by atoms with Crippen molar-refractivity contribution in [2.75, 3.05) is 6.54 Å². The normalized spacial score (nSPS) is 16.9. The van der Waals surface area contributed by atoms with E-state index < -0.39 is 17.6 Å². The zero-order valence-electron chi connectivity index (χ0n) is 13.7. The summed E-state index contributed by atoms with van der Waals surface area (Å²) in [5.41, 5.74) is 2.02. The Morgan fingerprint density at radius 1 is 1.35 bits per heavy atom. The number of nitrogens with one attached hydrogen (secondary N) is 1. The highest BCUT2D eigenvalue weighted by Crippen LogP contribution is 2.39. The van der Waals surface area contributed by atoms with Gasteiger partial charge in [-0.1, -0.05) is 31.0 Å². The lowest BCUT2D eigenvalue weighted by Gasteiger charge is -2.19. The van der Waals surface area contributed by atoms with Crippen LogP contribution in [0.1, 0.15) is 24.5 Å². The monoisotopic (exact) mass is 361 g/mol. The maximum atomic E-state index is 13.4. The van der Waals surface area contributed by atoms with Gasteiger partial charge in [-0.05, 0) is 6.07 Å². The van der Waals surface area contributed by atoms with Crippen molar-refractivity contribution in [2.45, 2.75) is 19.5 Å². The van der Waals surface area contributed by atoms with Crippen LogP contribution in [0, 0.1) is 12.3 Å². The minimum Gasteiger partial charge on any atom is -0.384 e. The SMILES string of the molecule is C#CCN1C(=O)C=NC(c2ccccc2C(F)(F)F)=C2NOC(CC)=C21. The van der Waals surface area contributed by atoms with Gasteiger partial charge in [0.05, 0.1) is 24.0 Å². The Kier molecular flexibility index (Phi) is 4.47. The largest absolute Gasteiger partial charge is 0.417 e. The Morgan fingerprint density at radius 3 is 2.73 bits per heavy atom. The number of terminal acetylenes is 1. The third-order valence-electron chi connectivity index (χ3n) is 3.91. The number of hydrogen-bond acceptors (Lipinski definition) is 4. The maximum Gasteiger partial charge on any atom is 0.417 e. The molecule has 0 saturated heterocycles. The molecule has 2 aliphatic heterocycles. The minimum atomic E-state index is -4.58. The first-order chi connectivity index (χ1) is 12.4. The van der Waals surface area contributed by atoms with Gasteiger partial charge in [0.25, 0.3) is 5.91 Å². The Labute approximate surface area is 147 Å². The lowest BCUT2D eigenvalue weighted by Crippen LogP contribution is -2.32. The van der Waals surface area contributed by atoms with Crippen molar-refractivity contribution in [3.05, 3.63) is 52.5 Å². The number of carbonyl (C=O) groups excluding carboxylic acids is 1. The molecule has 134 valence electrons. The maximum absolute atomic E-state index is 13.4. The van der Waals surface area contributed by atoms with E-state index in [2.05, 4.69) is 16.4 Å². The number of hydrogen-bond donors (Lipinski definition) is 1. The molecule has 0 atom stereocenters. The third kappa shape index (κ3) is 2.92. The van der Waals surface area contributed by atoms with Crippen molar-refractivity contribution in [3.63, 3.8) is 0 Å². The van der Waals surface area contributed by atoms with Crippen LogP contribution in [0.25, 0.3) is 5.70 Å². The molecule has 2 heterocycles. The summed E-state index contributed by atoms with van der Waals surface area (Å²) in [5.74, 6) is 2.23. The summed E-state index contributed by atoms with van der Waals surface area (Å²) >= 11 is 0. The highest BCUT2D eigenvalue weighted by molar-refractivity contribution is 6.28. The third-order valence-corrected chi connectivity index (χ3v) is 3.91. The van der Waals surface area contributed by atoms with Gasteiger partial charge in [0.15, 0.2) is 5.76 Å². The molecule has 1 amide bonds. The van der Waals surface area contributed by atoms with Crippen LogP contribution in [-0.2, 0) is 15.8 Å². The highest BCUT2D eigenvalue weighted by Gasteiger charge is 2.38. The molecule has 26 heavy (non-hydrogen) atoms. The van der Waals surface area contributed by atoms with Gasteiger partial charge in [0, 0.05) is 12.0 Å². The van der Waals surface area contributed by atoms with Crippen LogP contribution in [0.5, 0.6) is 0 Å². The summed E-state index contributed by atoms with van der Waals surface area (Å²) in [5, 5.41) is 0. The van der Waals surface area contributed by atoms with Gasteiger partial charge in [-0.3, -0.25) is 9.69 Å². The Bertz CT molecular complexity index is 892. The van der Waals surface area contributed by atoms with Crippen LogP contribution in [0.2, 0.25) is 0 Å². The number of carbonyl (C=O) groups is 1. The molecule has 1 aromatic rings. The smallest absolute Gasteiger partial charge is 0.384 e. The second-order valence-electron chi connectivity index (χ2n) is 5.48. The van der Waals surface area contributed by atoms with E-state index in [1.54, 1.807) is 6.92 Å². The van der Waals surface area contributed by atoms with Crippen LogP contribution in [0.15, 0.2) is 46.4 Å². The number of amides is 1. The van der Waals surface area contributed by atoms with Gasteiger partial charge in [-0.2, -0.15) is 13.2 Å². The standard InChI is InChI=1S/C18H14F3N3O2/c1-3-9-24-14(25)10-22-15(16-17(24)13(4-2)26-23-16)11-7-5-6-8-12(11)18(19,20)21/h1,5-8,10,23H,4,9H2,2H3. The van der Waals surface area contributed by atoms with Gasteiger partial charge >= 0.3 is 6.18 Å². The second-order valence-corrected chi connectivity index (χ2v) is 5.48. The van der Waals surface area contributed by atoms with E-state index in [0.717, 1.165) is 12.3 Å². The molecule has 0 aliphatic carbocycles. The molecule has 0 radical (unpaired) electrons. The van der Waals surface area contributed by atoms with E-state index in [1.807, 2.05) is 0 Å². The number of allylic oxidation sites excluding steroid dienone is 1. The van der Waals surface area contributed by atoms with Crippen molar-refractivity contribution in [1.29, 1.82) is 0 Å². The van der Waals surface area contributed by atoms with E-state index in [0.29, 0.717) is 17.9 Å². The second kappa shape index (κ2) is 6.59. The van der Waals surface area contributed by atoms with Crippen LogP contribution in [0.4, 0.5) is 13.2 Å². The summed E-state index contributed by atoms with van der Waals surface area (Å²) in [6.45, 7) is 1.73. The number of aliphatic imine (C=N–C) groups is 1. The fourth-order valence-corrected chi connectivity index (χ4v) is 2.79. The zero-order chi connectivity index (χ0) is 18.9. The molecule has 3 rings (SSSR count). The van der Waals surface area contributed by atoms with Crippen molar-refractivity contribution < 1.29 is 22.8 Å². The number of fused-ring (bicyclic) bond motifs is 1. The lowest BCUT2D eigenvalue weighted by atomic mass is 10.0. The minimum absolute atomic E-state index is 0.0377. The Morgan fingerprint density at radius 2 is 2.08 bits per heavy atom. The number of rotatable bonds is 3. The quantitative estimate of drug-likeness (QED) is 0.842. The van der Waals surface area contributed by atoms with Crippen LogP contribution < -0.4 is 5.48 Å². The molecular formula is C18H14F3N3O2. The summed E-state index contributed by atoms with van der Waals surface area (Å²) in [4.78, 5) is 23.0. The number of benzene rings is 1. The molecule has 1 N–H and O–H groups in total. The van der Waals surface area contributed by atoms with E-state index >= 15 is 0 Å². The van der Waals surface area contributed by atoms with Crippen molar-refractivity contribution in [2.24, 2.45) is 4.99 Å². The van der Waals surface area contributed by atoms with Gasteiger partial charge in [-0.15, -0.1) is 6.42 Å². The fourth-order valence-electron chi connectivity index (χ4n) is 2.79. The first-order valence-corrected chi connectivity index (χ1v) is 7.74. The van der Waals surface area contributed by atoms with Crippen molar-refractivity contribution >= 4 is 17.8 Å². The van der Waals surface area contributed by atoms with Gasteiger partial charge in [-0.25, -0.2) is 10.5 Å². The fraction of sp³-hybridized carbons (Fsp3) is 0.222. The molecule has 0 aromatic heterocycles. The average Bonchev–Trinajstić information content (AvgIpc) is 2.97. The van der Waals surface area contributed by atoms with Crippen LogP contribution in [0.3, 0.4) is 0 Å². The number of hydroxylamine groups is 1. The molecule has 0 unspecified atom stereocenters. The van der Waals surface area contributed by atoms with Crippen LogP contribution in [-0.4, -0.2) is 23.6 Å². The van der Waals surface area contributed by atoms with Crippen molar-refractivity contribution in [3.8, 4) is 12.3 Å². The van der Waals surface area contributed by atoms with Gasteiger partial charge < -0.3 is 4.84 Å². The number of halogens is 3. The molecule has 0 spiro atoms. The van der Waals surface area contributed by atoms with E-state index in [-0.39, 0.29) is 23.5 Å². The molecule has 2 aliphatic rings. The topological polar surface area (TPSA) is 53.9 Å². The molecule has 0 fully saturated rings. The van der Waals surface area contributed by atoms with E-state index in [4.69, 9.17) is 11.3 Å². The first kappa shape index (κ1) is 17.6. The molecule has 8 heteroatoms. The Hall–Kier alpha value is -3.21. The summed E-state index contributed by atoms with van der Waals surface area (Å²) in [7, 11) is 0. The highest BCUT2D eigenvalue weighted by atomic mass is 19.4. The van der Waals surface area contributed by atoms with E-state index in [1.165, 1.54) is 23.1 Å².